The van der Waals surface area contributed by atoms with Crippen LogP contribution < -0.4 is 9.64 Å². The van der Waals surface area contributed by atoms with Gasteiger partial charge < -0.3 is 9.64 Å². The molecule has 30 heavy (non-hydrogen) atoms. The summed E-state index contributed by atoms with van der Waals surface area (Å²) in [5.74, 6) is 3.96. The van der Waals surface area contributed by atoms with Crippen molar-refractivity contribution in [1.82, 2.24) is 24.6 Å². The molecule has 4 heterocycles. The van der Waals surface area contributed by atoms with Gasteiger partial charge in [0.2, 0.25) is 0 Å². The van der Waals surface area contributed by atoms with E-state index in [9.17, 15) is 0 Å². The van der Waals surface area contributed by atoms with Gasteiger partial charge in [0.05, 0.1) is 18.7 Å². The summed E-state index contributed by atoms with van der Waals surface area (Å²) < 4.78 is 7.16. The first-order valence-electron chi connectivity index (χ1n) is 9.80. The summed E-state index contributed by atoms with van der Waals surface area (Å²) in [6, 6.07) is 8.97. The summed E-state index contributed by atoms with van der Waals surface area (Å²) in [4.78, 5) is 14.3. The van der Waals surface area contributed by atoms with E-state index in [4.69, 9.17) is 9.72 Å². The molecule has 2 aliphatic heterocycles. The van der Waals surface area contributed by atoms with Gasteiger partial charge in [0.1, 0.15) is 17.4 Å². The first-order chi connectivity index (χ1) is 13.5. The quantitative estimate of drug-likeness (QED) is 0.610. The highest BCUT2D eigenvalue weighted by molar-refractivity contribution is 5.87. The van der Waals surface area contributed by atoms with Crippen LogP contribution in [0.4, 0.5) is 5.82 Å². The van der Waals surface area contributed by atoms with E-state index in [2.05, 4.69) is 51.2 Å². The summed E-state index contributed by atoms with van der Waals surface area (Å²) in [7, 11) is 5.89. The van der Waals surface area contributed by atoms with Crippen molar-refractivity contribution in [1.29, 1.82) is 0 Å². The van der Waals surface area contributed by atoms with Crippen LogP contribution in [0.25, 0.3) is 11.0 Å². The highest BCUT2D eigenvalue weighted by atomic mass is 35.5. The van der Waals surface area contributed by atoms with Gasteiger partial charge in [-0.2, -0.15) is 5.10 Å². The first-order valence-corrected chi connectivity index (χ1v) is 9.80. The third-order valence-electron chi connectivity index (χ3n) is 6.34. The Morgan fingerprint density at radius 1 is 1.00 bits per heavy atom. The Morgan fingerprint density at radius 3 is 2.43 bits per heavy atom. The fourth-order valence-corrected chi connectivity index (χ4v) is 5.09. The van der Waals surface area contributed by atoms with Gasteiger partial charge in [-0.3, -0.25) is 9.58 Å². The van der Waals surface area contributed by atoms with Crippen LogP contribution >= 0.6 is 24.8 Å². The summed E-state index contributed by atoms with van der Waals surface area (Å²) in [6.45, 7) is 5.10. The van der Waals surface area contributed by atoms with E-state index in [0.29, 0.717) is 17.9 Å². The number of hydrogen-bond acceptors (Lipinski definition) is 6. The van der Waals surface area contributed by atoms with Crippen molar-refractivity contribution >= 4 is 41.7 Å². The lowest BCUT2D eigenvalue weighted by atomic mass is 9.89. The number of rotatable bonds is 3. The normalized spacial score (nSPS) is 23.2. The van der Waals surface area contributed by atoms with Crippen LogP contribution in [0.15, 0.2) is 30.5 Å². The molecule has 7 nitrogen and oxygen atoms in total. The monoisotopic (exact) mass is 450 g/mol. The molecule has 2 saturated heterocycles. The fraction of sp³-hybridized carbons (Fsp3) is 0.476. The van der Waals surface area contributed by atoms with E-state index in [1.54, 1.807) is 7.11 Å². The molecule has 1 aromatic carbocycles. The number of likely N-dealkylation sites (tertiary alicyclic amines) is 1. The maximum atomic E-state index is 5.33. The zero-order valence-electron chi connectivity index (χ0n) is 17.6. The summed E-state index contributed by atoms with van der Waals surface area (Å²) in [5.41, 5.74) is 2.27. The van der Waals surface area contributed by atoms with Gasteiger partial charge in [0.15, 0.2) is 5.65 Å². The highest BCUT2D eigenvalue weighted by Gasteiger charge is 2.46. The average Bonchev–Trinajstić information content (AvgIpc) is 3.34. The smallest absolute Gasteiger partial charge is 0.163 e. The number of nitrogens with zero attached hydrogens (tertiary/aromatic N) is 6. The van der Waals surface area contributed by atoms with Crippen molar-refractivity contribution < 1.29 is 4.74 Å². The lowest BCUT2D eigenvalue weighted by Crippen LogP contribution is -2.29. The van der Waals surface area contributed by atoms with Gasteiger partial charge in [-0.15, -0.1) is 24.8 Å². The number of aryl methyl sites for hydroxylation is 2. The Morgan fingerprint density at radius 2 is 1.73 bits per heavy atom. The second-order valence-corrected chi connectivity index (χ2v) is 8.09. The average molecular weight is 451 g/mol. The predicted molar refractivity (Wildman–Crippen MR) is 123 cm³/mol. The van der Waals surface area contributed by atoms with E-state index in [0.717, 1.165) is 48.1 Å². The minimum absolute atomic E-state index is 0. The maximum absolute atomic E-state index is 5.33. The molecule has 0 spiro atoms. The van der Waals surface area contributed by atoms with Crippen LogP contribution in [0, 0.1) is 18.8 Å². The Bertz CT molecular complexity index is 1020. The molecule has 5 rings (SSSR count). The first kappa shape index (κ1) is 22.6. The van der Waals surface area contributed by atoms with Crippen LogP contribution in [0.2, 0.25) is 0 Å². The van der Waals surface area contributed by atoms with Crippen LogP contribution in [-0.4, -0.2) is 58.4 Å². The zero-order valence-corrected chi connectivity index (χ0v) is 19.3. The van der Waals surface area contributed by atoms with Gasteiger partial charge in [0, 0.05) is 38.6 Å². The molecule has 0 radical (unpaired) electrons. The van der Waals surface area contributed by atoms with Crippen molar-refractivity contribution in [2.45, 2.75) is 13.0 Å². The molecule has 162 valence electrons. The second-order valence-electron chi connectivity index (χ2n) is 8.09. The van der Waals surface area contributed by atoms with Gasteiger partial charge in [-0.05, 0) is 37.6 Å². The molecule has 2 aromatic heterocycles. The topological polar surface area (TPSA) is 59.3 Å². The Balaban J connectivity index is 0.00000128. The van der Waals surface area contributed by atoms with Crippen molar-refractivity contribution in [2.75, 3.05) is 38.7 Å². The molecule has 0 amide bonds. The fourth-order valence-electron chi connectivity index (χ4n) is 5.09. The molecule has 3 aromatic rings. The van der Waals surface area contributed by atoms with Gasteiger partial charge >= 0.3 is 0 Å². The molecule has 2 aliphatic rings. The Hall–Kier alpha value is -2.09. The van der Waals surface area contributed by atoms with E-state index in [1.807, 2.05) is 24.9 Å². The van der Waals surface area contributed by atoms with Crippen LogP contribution in [0.5, 0.6) is 5.75 Å². The minimum Gasteiger partial charge on any atom is -0.497 e. The minimum atomic E-state index is 0. The molecule has 2 fully saturated rings. The molecule has 9 heteroatoms. The van der Waals surface area contributed by atoms with Crippen LogP contribution in [-0.2, 0) is 7.05 Å². The number of fused-ring (bicyclic) bond motifs is 2. The molecule has 0 unspecified atom stereocenters. The SMILES string of the molecule is COc1ccc([C@H]2[C@@H]3CN(c4nc(C)nc5c4cnn5C)C[C@@H]3CN2C)cc1.Cl.Cl. The zero-order chi connectivity index (χ0) is 19.4. The lowest BCUT2D eigenvalue weighted by Gasteiger charge is -2.27. The summed E-state index contributed by atoms with van der Waals surface area (Å²) in [5, 5.41) is 5.44. The number of benzene rings is 1. The molecular formula is C21H28Cl2N6O. The molecule has 0 bridgehead atoms. The second kappa shape index (κ2) is 8.57. The largest absolute Gasteiger partial charge is 0.497 e. The number of anilines is 1. The number of aromatic nitrogens is 4. The lowest BCUT2D eigenvalue weighted by molar-refractivity contribution is 0.279. The summed E-state index contributed by atoms with van der Waals surface area (Å²) >= 11 is 0. The molecule has 0 aliphatic carbocycles. The van der Waals surface area contributed by atoms with Gasteiger partial charge in [0.25, 0.3) is 0 Å². The van der Waals surface area contributed by atoms with Crippen LogP contribution in [0.3, 0.4) is 0 Å². The predicted octanol–water partition coefficient (Wildman–Crippen LogP) is 3.26. The van der Waals surface area contributed by atoms with Crippen molar-refractivity contribution in [3.05, 3.63) is 41.9 Å². The number of methoxy groups -OCH3 is 1. The summed E-state index contributed by atoms with van der Waals surface area (Å²) in [6.07, 6.45) is 1.89. The molecule has 0 N–H and O–H groups in total. The van der Waals surface area contributed by atoms with E-state index >= 15 is 0 Å². The standard InChI is InChI=1S/C21H26N6O.2ClH/c1-13-23-20-17(9-22-26(20)3)21(24-13)27-11-15-10-25(2)19(18(15)12-27)14-5-7-16(28-4)8-6-14;;/h5-9,15,18-19H,10-12H2,1-4H3;2*1H/t15-,18+,19-;;/m0../s1. The molecule has 0 saturated carbocycles. The number of hydrogen-bond donors (Lipinski definition) is 0. The van der Waals surface area contributed by atoms with Crippen molar-refractivity contribution in [3.63, 3.8) is 0 Å². The van der Waals surface area contributed by atoms with Gasteiger partial charge in [-0.25, -0.2) is 9.97 Å². The number of halogens is 2. The highest BCUT2D eigenvalue weighted by Crippen LogP contribution is 2.45. The van der Waals surface area contributed by atoms with Crippen molar-refractivity contribution in [2.24, 2.45) is 18.9 Å². The van der Waals surface area contributed by atoms with E-state index < -0.39 is 0 Å². The Kier molecular flexibility index (Phi) is 6.45. The molecule has 3 atom stereocenters. The van der Waals surface area contributed by atoms with Gasteiger partial charge in [-0.1, -0.05) is 12.1 Å². The van der Waals surface area contributed by atoms with Crippen molar-refractivity contribution in [3.8, 4) is 5.75 Å². The third kappa shape index (κ3) is 3.59. The maximum Gasteiger partial charge on any atom is 0.163 e. The van der Waals surface area contributed by atoms with E-state index in [-0.39, 0.29) is 24.8 Å². The molecular weight excluding hydrogens is 423 g/mol. The Labute approximate surface area is 189 Å². The van der Waals surface area contributed by atoms with E-state index in [1.165, 1.54) is 5.56 Å². The van der Waals surface area contributed by atoms with Crippen LogP contribution in [0.1, 0.15) is 17.4 Å². The number of ether oxygens (including phenoxy) is 1. The third-order valence-corrected chi connectivity index (χ3v) is 6.34.